The van der Waals surface area contributed by atoms with Crippen molar-refractivity contribution in [2.45, 2.75) is 28.2 Å². The van der Waals surface area contributed by atoms with Crippen molar-refractivity contribution in [2.75, 3.05) is 18.5 Å². The van der Waals surface area contributed by atoms with Crippen LogP contribution in [0.1, 0.15) is 39.3 Å². The summed E-state index contributed by atoms with van der Waals surface area (Å²) in [7, 11) is 0. The van der Waals surface area contributed by atoms with Crippen molar-refractivity contribution in [3.63, 3.8) is 0 Å². The minimum absolute atomic E-state index is 0. The molecular formula is C21H29Cl2NO4. The van der Waals surface area contributed by atoms with Gasteiger partial charge in [-0.25, -0.2) is 4.79 Å². The zero-order valence-corrected chi connectivity index (χ0v) is 14.8. The van der Waals surface area contributed by atoms with Gasteiger partial charge in [-0.05, 0) is 22.3 Å². The summed E-state index contributed by atoms with van der Waals surface area (Å²) in [4.78, 5) is 22.0. The fourth-order valence-corrected chi connectivity index (χ4v) is 2.80. The highest BCUT2D eigenvalue weighted by molar-refractivity contribution is 6.40. The standard InChI is InChI=1S/C17H15NO4.CH2Cl2.3CH4/c19-16(20)9-18-17(21)22-10-15-13-7-3-1-5-11(13)12-6-2-4-8-14(12)15;2-1-3;;;/h1-8,15H,9-10H2,(H,18,21)(H,19,20);1H2;3*1H4. The Morgan fingerprint density at radius 2 is 1.36 bits per heavy atom. The molecule has 0 bridgehead atoms. The zero-order valence-electron chi connectivity index (χ0n) is 13.2. The lowest BCUT2D eigenvalue weighted by atomic mass is 9.98. The summed E-state index contributed by atoms with van der Waals surface area (Å²) in [5, 5.41) is 10.9. The Morgan fingerprint density at radius 3 is 1.79 bits per heavy atom. The van der Waals surface area contributed by atoms with E-state index in [9.17, 15) is 9.59 Å². The van der Waals surface area contributed by atoms with E-state index in [0.29, 0.717) is 0 Å². The third kappa shape index (κ3) is 7.06. The second kappa shape index (κ2) is 13.9. The number of carboxylic acid groups (broad SMARTS) is 1. The summed E-state index contributed by atoms with van der Waals surface area (Å²) < 4.78 is 5.18. The first-order valence-electron chi connectivity index (χ1n) is 7.51. The van der Waals surface area contributed by atoms with Crippen molar-refractivity contribution in [1.82, 2.24) is 5.32 Å². The van der Waals surface area contributed by atoms with Crippen molar-refractivity contribution in [3.8, 4) is 11.1 Å². The highest BCUT2D eigenvalue weighted by Crippen LogP contribution is 2.44. The molecule has 2 aromatic rings. The van der Waals surface area contributed by atoms with Gasteiger partial charge >= 0.3 is 12.1 Å². The summed E-state index contributed by atoms with van der Waals surface area (Å²) in [6.07, 6.45) is -0.718. The molecule has 0 aliphatic heterocycles. The summed E-state index contributed by atoms with van der Waals surface area (Å²) in [5.41, 5.74) is 4.54. The van der Waals surface area contributed by atoms with E-state index in [1.54, 1.807) is 0 Å². The minimum Gasteiger partial charge on any atom is -0.480 e. The van der Waals surface area contributed by atoms with Gasteiger partial charge in [0, 0.05) is 5.92 Å². The molecular weight excluding hydrogens is 401 g/mol. The second-order valence-corrected chi connectivity index (χ2v) is 5.98. The number of aliphatic carboxylic acids is 1. The quantitative estimate of drug-likeness (QED) is 0.589. The molecule has 28 heavy (non-hydrogen) atoms. The van der Waals surface area contributed by atoms with Crippen molar-refractivity contribution in [1.29, 1.82) is 0 Å². The molecule has 156 valence electrons. The topological polar surface area (TPSA) is 75.6 Å². The molecule has 2 N–H and O–H groups in total. The summed E-state index contributed by atoms with van der Waals surface area (Å²) in [5.74, 6) is -1.13. The Hall–Kier alpha value is -2.24. The number of halogens is 2. The number of nitrogens with one attached hydrogen (secondary N) is 1. The van der Waals surface area contributed by atoms with Crippen LogP contribution in [0.4, 0.5) is 4.79 Å². The van der Waals surface area contributed by atoms with Gasteiger partial charge in [0.15, 0.2) is 0 Å². The third-order valence-electron chi connectivity index (χ3n) is 3.73. The number of carbonyl (C=O) groups is 2. The molecule has 7 heteroatoms. The lowest BCUT2D eigenvalue weighted by molar-refractivity contribution is -0.135. The van der Waals surface area contributed by atoms with Gasteiger partial charge in [0.05, 0.1) is 5.34 Å². The highest BCUT2D eigenvalue weighted by atomic mass is 35.5. The maximum atomic E-state index is 11.5. The monoisotopic (exact) mass is 429 g/mol. The maximum Gasteiger partial charge on any atom is 0.407 e. The molecule has 0 fully saturated rings. The van der Waals surface area contributed by atoms with Crippen LogP contribution in [0.5, 0.6) is 0 Å². The smallest absolute Gasteiger partial charge is 0.407 e. The van der Waals surface area contributed by atoms with E-state index in [1.807, 2.05) is 36.4 Å². The molecule has 1 aliphatic rings. The van der Waals surface area contributed by atoms with Gasteiger partial charge in [0.1, 0.15) is 13.2 Å². The van der Waals surface area contributed by atoms with Gasteiger partial charge in [-0.2, -0.15) is 0 Å². The van der Waals surface area contributed by atoms with Crippen LogP contribution in [0.25, 0.3) is 11.1 Å². The number of fused-ring (bicyclic) bond motifs is 3. The van der Waals surface area contributed by atoms with Crippen LogP contribution in [-0.4, -0.2) is 35.7 Å². The molecule has 3 rings (SSSR count). The van der Waals surface area contributed by atoms with Crippen LogP contribution >= 0.6 is 23.2 Å². The van der Waals surface area contributed by atoms with E-state index in [4.69, 9.17) is 33.0 Å². The van der Waals surface area contributed by atoms with Crippen molar-refractivity contribution < 1.29 is 19.4 Å². The fraction of sp³-hybridized carbons (Fsp3) is 0.333. The minimum atomic E-state index is -1.10. The van der Waals surface area contributed by atoms with E-state index in [2.05, 4.69) is 17.4 Å². The van der Waals surface area contributed by atoms with Gasteiger partial charge in [-0.3, -0.25) is 4.79 Å². The molecule has 0 aromatic heterocycles. The number of alkyl carbamates (subject to hydrolysis) is 1. The first-order chi connectivity index (χ1) is 12.1. The Bertz CT molecular complexity index is 707. The molecule has 0 atom stereocenters. The molecule has 1 aliphatic carbocycles. The lowest BCUT2D eigenvalue weighted by Gasteiger charge is -2.14. The number of amides is 1. The Labute approximate surface area is 177 Å². The first-order valence-corrected chi connectivity index (χ1v) is 8.58. The highest BCUT2D eigenvalue weighted by Gasteiger charge is 2.28. The number of hydrogen-bond acceptors (Lipinski definition) is 3. The predicted octanol–water partition coefficient (Wildman–Crippen LogP) is 5.94. The Morgan fingerprint density at radius 1 is 0.929 bits per heavy atom. The van der Waals surface area contributed by atoms with Gasteiger partial charge in [-0.15, -0.1) is 23.2 Å². The van der Waals surface area contributed by atoms with E-state index in [-0.39, 0.29) is 40.1 Å². The molecule has 0 heterocycles. The van der Waals surface area contributed by atoms with Gasteiger partial charge in [-0.1, -0.05) is 70.8 Å². The van der Waals surface area contributed by atoms with Crippen LogP contribution in [-0.2, 0) is 9.53 Å². The number of carboxylic acids is 1. The van der Waals surface area contributed by atoms with Crippen molar-refractivity contribution >= 4 is 35.3 Å². The van der Waals surface area contributed by atoms with E-state index >= 15 is 0 Å². The van der Waals surface area contributed by atoms with Crippen LogP contribution in [0.3, 0.4) is 0 Å². The molecule has 2 aromatic carbocycles. The van der Waals surface area contributed by atoms with Crippen LogP contribution < -0.4 is 5.32 Å². The number of ether oxygens (including phenoxy) is 1. The van der Waals surface area contributed by atoms with E-state index in [0.717, 1.165) is 22.3 Å². The molecule has 1 amide bonds. The summed E-state index contributed by atoms with van der Waals surface area (Å²) in [6, 6.07) is 16.1. The normalized spacial score (nSPS) is 10.4. The zero-order chi connectivity index (χ0) is 18.2. The largest absolute Gasteiger partial charge is 0.480 e. The number of alkyl halides is 2. The third-order valence-corrected chi connectivity index (χ3v) is 3.73. The molecule has 0 spiro atoms. The number of carbonyl (C=O) groups excluding carboxylic acids is 1. The molecule has 0 saturated heterocycles. The fourth-order valence-electron chi connectivity index (χ4n) is 2.80. The summed E-state index contributed by atoms with van der Waals surface area (Å²) in [6.45, 7) is -0.268. The van der Waals surface area contributed by atoms with Crippen molar-refractivity contribution in [2.24, 2.45) is 0 Å². The van der Waals surface area contributed by atoms with Crippen LogP contribution in [0, 0.1) is 0 Å². The number of hydrogen-bond donors (Lipinski definition) is 2. The molecule has 0 saturated carbocycles. The molecule has 0 radical (unpaired) electrons. The number of benzene rings is 2. The average Bonchev–Trinajstić information content (AvgIpc) is 2.93. The average molecular weight is 430 g/mol. The second-order valence-electron chi connectivity index (χ2n) is 5.17. The van der Waals surface area contributed by atoms with Crippen LogP contribution in [0.15, 0.2) is 48.5 Å². The van der Waals surface area contributed by atoms with Crippen LogP contribution in [0.2, 0.25) is 0 Å². The van der Waals surface area contributed by atoms with Gasteiger partial charge in [0.2, 0.25) is 0 Å². The van der Waals surface area contributed by atoms with Crippen molar-refractivity contribution in [3.05, 3.63) is 59.7 Å². The Kier molecular flexibility index (Phi) is 13.8. The molecule has 5 nitrogen and oxygen atoms in total. The van der Waals surface area contributed by atoms with E-state index < -0.39 is 18.6 Å². The first kappa shape index (κ1) is 28.0. The predicted molar refractivity (Wildman–Crippen MR) is 117 cm³/mol. The Balaban J connectivity index is 0. The SMILES string of the molecule is C.C.C.ClCCl.O=C(O)CNC(=O)OCC1c2ccccc2-c2ccccc21. The van der Waals surface area contributed by atoms with Gasteiger partial charge in [0.25, 0.3) is 0 Å². The lowest BCUT2D eigenvalue weighted by Crippen LogP contribution is -2.30. The van der Waals surface area contributed by atoms with Gasteiger partial charge < -0.3 is 15.2 Å². The maximum absolute atomic E-state index is 11.5. The summed E-state index contributed by atoms with van der Waals surface area (Å²) >= 11 is 9.53. The molecule has 0 unspecified atom stereocenters. The number of rotatable bonds is 4. The van der Waals surface area contributed by atoms with E-state index in [1.165, 1.54) is 0 Å².